The smallest absolute Gasteiger partial charge is 0.243 e. The minimum atomic E-state index is -0.970. The van der Waals surface area contributed by atoms with E-state index >= 15 is 0 Å². The van der Waals surface area contributed by atoms with Gasteiger partial charge in [-0.25, -0.2) is 8.78 Å². The van der Waals surface area contributed by atoms with Gasteiger partial charge < -0.3 is 15.0 Å². The molecule has 8 heteroatoms. The molecule has 33 heavy (non-hydrogen) atoms. The normalized spacial score (nSPS) is 26.7. The van der Waals surface area contributed by atoms with Crippen LogP contribution >= 0.6 is 0 Å². The second kappa shape index (κ2) is 8.95. The molecule has 1 atom stereocenters. The average molecular weight is 462 g/mol. The molecule has 1 spiro atoms. The van der Waals surface area contributed by atoms with Crippen molar-refractivity contribution in [3.63, 3.8) is 0 Å². The van der Waals surface area contributed by atoms with Crippen molar-refractivity contribution >= 4 is 17.5 Å². The number of hydrogen-bond donors (Lipinski definition) is 1. The molecular weight excluding hydrogens is 428 g/mol. The SMILES string of the molecule is O=C(Nc1ccc(F)c(F)c1)C1CC12CCN(C(=O)C1(N3CCOCC3)CCCCC1)CC2. The summed E-state index contributed by atoms with van der Waals surface area (Å²) in [5.41, 5.74) is -0.184. The number of nitrogens with one attached hydrogen (secondary N) is 1. The molecule has 1 aromatic rings. The maximum atomic E-state index is 13.8. The van der Waals surface area contributed by atoms with Crippen molar-refractivity contribution in [2.45, 2.75) is 56.9 Å². The van der Waals surface area contributed by atoms with E-state index in [1.165, 1.54) is 12.5 Å². The zero-order valence-corrected chi connectivity index (χ0v) is 19.1. The maximum Gasteiger partial charge on any atom is 0.243 e. The number of benzene rings is 1. The number of piperidine rings is 1. The number of likely N-dealkylation sites (tertiary alicyclic amines) is 1. The van der Waals surface area contributed by atoms with Crippen molar-refractivity contribution in [3.8, 4) is 0 Å². The number of carbonyl (C=O) groups excluding carboxylic acids is 2. The first-order valence-corrected chi connectivity index (χ1v) is 12.3. The molecule has 4 fully saturated rings. The molecule has 1 N–H and O–H groups in total. The maximum absolute atomic E-state index is 13.8. The van der Waals surface area contributed by atoms with Crippen LogP contribution in [0.4, 0.5) is 14.5 Å². The van der Waals surface area contributed by atoms with E-state index < -0.39 is 11.6 Å². The van der Waals surface area contributed by atoms with Gasteiger partial charge in [0.05, 0.1) is 13.2 Å². The van der Waals surface area contributed by atoms with Crippen LogP contribution in [0.5, 0.6) is 0 Å². The van der Waals surface area contributed by atoms with Crippen molar-refractivity contribution in [2.75, 3.05) is 44.7 Å². The summed E-state index contributed by atoms with van der Waals surface area (Å²) in [4.78, 5) is 31.0. The average Bonchev–Trinajstić information content (AvgIpc) is 3.55. The lowest BCUT2D eigenvalue weighted by Gasteiger charge is -2.49. The Balaban J connectivity index is 1.20. The standard InChI is InChI=1S/C25H33F2N3O3/c26-20-5-4-18(16-21(20)27)28-22(31)19-17-24(19)8-10-29(11-9-24)23(32)25(6-2-1-3-7-25)30-12-14-33-15-13-30/h4-5,16,19H,1-3,6-15,17H2,(H,28,31). The molecule has 180 valence electrons. The van der Waals surface area contributed by atoms with E-state index in [2.05, 4.69) is 10.2 Å². The Morgan fingerprint density at radius 2 is 1.64 bits per heavy atom. The number of carbonyl (C=O) groups is 2. The van der Waals surface area contributed by atoms with Crippen molar-refractivity contribution in [3.05, 3.63) is 29.8 Å². The number of amides is 2. The Labute approximate surface area is 193 Å². The highest BCUT2D eigenvalue weighted by atomic mass is 19.2. The number of nitrogens with zero attached hydrogens (tertiary/aromatic N) is 2. The van der Waals surface area contributed by atoms with Gasteiger partial charge in [-0.05, 0) is 49.7 Å². The third kappa shape index (κ3) is 4.28. The van der Waals surface area contributed by atoms with Gasteiger partial charge in [-0.15, -0.1) is 0 Å². The molecular formula is C25H33F2N3O3. The molecule has 2 saturated heterocycles. The van der Waals surface area contributed by atoms with Crippen molar-refractivity contribution in [2.24, 2.45) is 11.3 Å². The fourth-order valence-corrected chi connectivity index (χ4v) is 6.32. The molecule has 1 unspecified atom stereocenters. The quantitative estimate of drug-likeness (QED) is 0.745. The summed E-state index contributed by atoms with van der Waals surface area (Å²) in [6.07, 6.45) is 7.64. The summed E-state index contributed by atoms with van der Waals surface area (Å²) >= 11 is 0. The molecule has 2 heterocycles. The Morgan fingerprint density at radius 1 is 0.939 bits per heavy atom. The fraction of sp³-hybridized carbons (Fsp3) is 0.680. The molecule has 2 saturated carbocycles. The van der Waals surface area contributed by atoms with Gasteiger partial charge in [-0.2, -0.15) is 0 Å². The second-order valence-electron chi connectivity index (χ2n) is 10.2. The van der Waals surface area contributed by atoms with Gasteiger partial charge in [0.15, 0.2) is 11.6 Å². The zero-order chi connectivity index (χ0) is 23.1. The predicted octanol–water partition coefficient (Wildman–Crippen LogP) is 3.57. The highest BCUT2D eigenvalue weighted by molar-refractivity contribution is 5.95. The number of ether oxygens (including phenoxy) is 1. The van der Waals surface area contributed by atoms with E-state index in [0.29, 0.717) is 26.3 Å². The lowest BCUT2D eigenvalue weighted by Crippen LogP contribution is -2.63. The first-order valence-electron chi connectivity index (χ1n) is 12.3. The molecule has 2 amide bonds. The van der Waals surface area contributed by atoms with Crippen LogP contribution in [0.15, 0.2) is 18.2 Å². The van der Waals surface area contributed by atoms with Crippen LogP contribution in [0.3, 0.4) is 0 Å². The Hall–Kier alpha value is -2.06. The minimum absolute atomic E-state index is 0.0713. The Bertz CT molecular complexity index is 904. The molecule has 0 bridgehead atoms. The van der Waals surface area contributed by atoms with Crippen LogP contribution in [0.1, 0.15) is 51.4 Å². The fourth-order valence-electron chi connectivity index (χ4n) is 6.32. The molecule has 5 rings (SSSR count). The van der Waals surface area contributed by atoms with E-state index in [4.69, 9.17) is 4.74 Å². The van der Waals surface area contributed by atoms with Crippen molar-refractivity contribution in [1.82, 2.24) is 9.80 Å². The first-order chi connectivity index (χ1) is 15.9. The molecule has 4 aliphatic rings. The van der Waals surface area contributed by atoms with Gasteiger partial charge in [-0.3, -0.25) is 14.5 Å². The van der Waals surface area contributed by atoms with Gasteiger partial charge in [0.25, 0.3) is 0 Å². The third-order valence-electron chi connectivity index (χ3n) is 8.44. The number of anilines is 1. The molecule has 2 aliphatic heterocycles. The van der Waals surface area contributed by atoms with Crippen LogP contribution < -0.4 is 5.32 Å². The van der Waals surface area contributed by atoms with Gasteiger partial charge >= 0.3 is 0 Å². The summed E-state index contributed by atoms with van der Waals surface area (Å²) in [6.45, 7) is 4.37. The molecule has 0 aromatic heterocycles. The summed E-state index contributed by atoms with van der Waals surface area (Å²) < 4.78 is 32.1. The van der Waals surface area contributed by atoms with Crippen molar-refractivity contribution < 1.29 is 23.1 Å². The second-order valence-corrected chi connectivity index (χ2v) is 10.2. The van der Waals surface area contributed by atoms with E-state index in [1.807, 2.05) is 4.90 Å². The monoisotopic (exact) mass is 461 g/mol. The summed E-state index contributed by atoms with van der Waals surface area (Å²) in [5.74, 6) is -1.91. The Kier molecular flexibility index (Phi) is 6.16. The number of hydrogen-bond acceptors (Lipinski definition) is 4. The number of morpholine rings is 1. The van der Waals surface area contributed by atoms with Crippen LogP contribution in [0.2, 0.25) is 0 Å². The van der Waals surface area contributed by atoms with E-state index in [1.54, 1.807) is 0 Å². The van der Waals surface area contributed by atoms with Crippen LogP contribution in [0.25, 0.3) is 0 Å². The minimum Gasteiger partial charge on any atom is -0.379 e. The van der Waals surface area contributed by atoms with Gasteiger partial charge in [0.2, 0.25) is 11.8 Å². The molecule has 6 nitrogen and oxygen atoms in total. The van der Waals surface area contributed by atoms with Gasteiger partial charge in [0.1, 0.15) is 5.54 Å². The molecule has 0 radical (unpaired) electrons. The highest BCUT2D eigenvalue weighted by Crippen LogP contribution is 2.60. The Morgan fingerprint density at radius 3 is 2.30 bits per heavy atom. The zero-order valence-electron chi connectivity index (χ0n) is 19.1. The van der Waals surface area contributed by atoms with Gasteiger partial charge in [0, 0.05) is 43.9 Å². The molecule has 2 aliphatic carbocycles. The summed E-state index contributed by atoms with van der Waals surface area (Å²) in [7, 11) is 0. The first kappa shape index (κ1) is 22.7. The van der Waals surface area contributed by atoms with E-state index in [0.717, 1.165) is 70.2 Å². The number of rotatable bonds is 4. The largest absolute Gasteiger partial charge is 0.379 e. The highest BCUT2D eigenvalue weighted by Gasteiger charge is 2.59. The van der Waals surface area contributed by atoms with Crippen molar-refractivity contribution in [1.29, 1.82) is 0 Å². The van der Waals surface area contributed by atoms with E-state index in [-0.39, 0.29) is 34.4 Å². The van der Waals surface area contributed by atoms with Crippen LogP contribution in [-0.4, -0.2) is 66.5 Å². The lowest BCUT2D eigenvalue weighted by atomic mass is 9.78. The lowest BCUT2D eigenvalue weighted by molar-refractivity contribution is -0.153. The summed E-state index contributed by atoms with van der Waals surface area (Å²) in [6, 6.07) is 3.41. The predicted molar refractivity (Wildman–Crippen MR) is 120 cm³/mol. The van der Waals surface area contributed by atoms with Crippen LogP contribution in [0, 0.1) is 23.0 Å². The van der Waals surface area contributed by atoms with Crippen LogP contribution in [-0.2, 0) is 14.3 Å². The molecule has 1 aromatic carbocycles. The van der Waals surface area contributed by atoms with E-state index in [9.17, 15) is 18.4 Å². The number of halogens is 2. The summed E-state index contributed by atoms with van der Waals surface area (Å²) in [5, 5.41) is 2.73. The van der Waals surface area contributed by atoms with Gasteiger partial charge in [-0.1, -0.05) is 19.3 Å². The third-order valence-corrected chi connectivity index (χ3v) is 8.44. The topological polar surface area (TPSA) is 61.9 Å².